The van der Waals surface area contributed by atoms with Crippen molar-refractivity contribution in [2.24, 2.45) is 0 Å². The number of hydrogen-bond acceptors (Lipinski definition) is 4. The van der Waals surface area contributed by atoms with Crippen LogP contribution in [0.25, 0.3) is 0 Å². The average molecular weight is 301 g/mol. The molecule has 8 nitrogen and oxygen atoms in total. The first-order valence-corrected chi connectivity index (χ1v) is 7.09. The Kier molecular flexibility index (Phi) is 6.93. The lowest BCUT2D eigenvalue weighted by molar-refractivity contribution is -0.138. The maximum atomic E-state index is 12.1. The second-order valence-electron chi connectivity index (χ2n) is 4.98. The quantitative estimate of drug-likeness (QED) is 0.629. The summed E-state index contributed by atoms with van der Waals surface area (Å²) < 4.78 is 5.17. The maximum Gasteiger partial charge on any atom is 0.315 e. The molecular formula is C13H23N3O5. The highest BCUT2D eigenvalue weighted by molar-refractivity contribution is 5.87. The Labute approximate surface area is 123 Å². The van der Waals surface area contributed by atoms with E-state index in [0.29, 0.717) is 32.7 Å². The van der Waals surface area contributed by atoms with Crippen LogP contribution < -0.4 is 10.6 Å². The first-order valence-electron chi connectivity index (χ1n) is 7.09. The van der Waals surface area contributed by atoms with Crippen molar-refractivity contribution in [3.63, 3.8) is 0 Å². The SMILES string of the molecule is CCC(CC(=O)O)NC(=O)NC(C)C(=O)N1CCOCC1. The Morgan fingerprint density at radius 2 is 1.86 bits per heavy atom. The highest BCUT2D eigenvalue weighted by Gasteiger charge is 2.24. The molecule has 0 aromatic carbocycles. The van der Waals surface area contributed by atoms with Crippen molar-refractivity contribution in [1.82, 2.24) is 15.5 Å². The van der Waals surface area contributed by atoms with Gasteiger partial charge in [0.2, 0.25) is 5.91 Å². The Morgan fingerprint density at radius 3 is 2.38 bits per heavy atom. The number of nitrogens with zero attached hydrogens (tertiary/aromatic N) is 1. The summed E-state index contributed by atoms with van der Waals surface area (Å²) in [4.78, 5) is 36.2. The summed E-state index contributed by atoms with van der Waals surface area (Å²) >= 11 is 0. The van der Waals surface area contributed by atoms with Crippen molar-refractivity contribution in [2.45, 2.75) is 38.8 Å². The van der Waals surface area contributed by atoms with Crippen LogP contribution in [0.2, 0.25) is 0 Å². The van der Waals surface area contributed by atoms with Crippen LogP contribution >= 0.6 is 0 Å². The molecule has 3 amide bonds. The number of carbonyl (C=O) groups is 3. The molecule has 0 radical (unpaired) electrons. The van der Waals surface area contributed by atoms with Gasteiger partial charge in [-0.15, -0.1) is 0 Å². The van der Waals surface area contributed by atoms with E-state index in [2.05, 4.69) is 10.6 Å². The van der Waals surface area contributed by atoms with Gasteiger partial charge in [-0.2, -0.15) is 0 Å². The first-order chi connectivity index (χ1) is 9.93. The normalized spacial score (nSPS) is 17.7. The molecule has 1 fully saturated rings. The largest absolute Gasteiger partial charge is 0.481 e. The number of morpholine rings is 1. The number of hydrogen-bond donors (Lipinski definition) is 3. The second kappa shape index (κ2) is 8.46. The van der Waals surface area contributed by atoms with Crippen LogP contribution in [-0.2, 0) is 14.3 Å². The van der Waals surface area contributed by atoms with Crippen LogP contribution in [0.5, 0.6) is 0 Å². The molecule has 0 bridgehead atoms. The van der Waals surface area contributed by atoms with E-state index in [1.165, 1.54) is 0 Å². The van der Waals surface area contributed by atoms with Crippen LogP contribution in [0.15, 0.2) is 0 Å². The molecule has 1 aliphatic heterocycles. The number of carboxylic acids is 1. The molecule has 1 rings (SSSR count). The van der Waals surface area contributed by atoms with E-state index in [1.54, 1.807) is 18.7 Å². The van der Waals surface area contributed by atoms with E-state index in [4.69, 9.17) is 9.84 Å². The minimum atomic E-state index is -0.973. The fourth-order valence-corrected chi connectivity index (χ4v) is 2.05. The van der Waals surface area contributed by atoms with Crippen molar-refractivity contribution in [1.29, 1.82) is 0 Å². The van der Waals surface area contributed by atoms with E-state index >= 15 is 0 Å². The van der Waals surface area contributed by atoms with Crippen LogP contribution in [0, 0.1) is 0 Å². The molecule has 2 unspecified atom stereocenters. The molecule has 0 aromatic heterocycles. The van der Waals surface area contributed by atoms with Gasteiger partial charge in [0.1, 0.15) is 6.04 Å². The maximum absolute atomic E-state index is 12.1. The summed E-state index contributed by atoms with van der Waals surface area (Å²) in [6.07, 6.45) is 0.362. The van der Waals surface area contributed by atoms with Crippen molar-refractivity contribution in [2.75, 3.05) is 26.3 Å². The Morgan fingerprint density at radius 1 is 1.24 bits per heavy atom. The highest BCUT2D eigenvalue weighted by atomic mass is 16.5. The summed E-state index contributed by atoms with van der Waals surface area (Å²) in [6, 6.07) is -1.64. The van der Waals surface area contributed by atoms with Crippen molar-refractivity contribution in [3.8, 4) is 0 Å². The van der Waals surface area contributed by atoms with Gasteiger partial charge >= 0.3 is 12.0 Å². The molecule has 0 aromatic rings. The van der Waals surface area contributed by atoms with Gasteiger partial charge in [0, 0.05) is 19.1 Å². The zero-order valence-corrected chi connectivity index (χ0v) is 12.4. The molecule has 8 heteroatoms. The van der Waals surface area contributed by atoms with Crippen molar-refractivity contribution in [3.05, 3.63) is 0 Å². The summed E-state index contributed by atoms with van der Waals surface area (Å²) in [5.74, 6) is -1.14. The third-order valence-electron chi connectivity index (χ3n) is 3.29. The van der Waals surface area contributed by atoms with Crippen LogP contribution in [0.4, 0.5) is 4.79 Å². The minimum absolute atomic E-state index is 0.143. The van der Waals surface area contributed by atoms with Crippen LogP contribution in [-0.4, -0.2) is 66.3 Å². The third-order valence-corrected chi connectivity index (χ3v) is 3.29. The number of amides is 3. The van der Waals surface area contributed by atoms with Gasteiger partial charge in [0.25, 0.3) is 0 Å². The molecule has 1 saturated heterocycles. The fraction of sp³-hybridized carbons (Fsp3) is 0.769. The molecule has 0 spiro atoms. The molecular weight excluding hydrogens is 278 g/mol. The average Bonchev–Trinajstić information content (AvgIpc) is 2.45. The first kappa shape index (κ1) is 17.2. The molecule has 21 heavy (non-hydrogen) atoms. The monoisotopic (exact) mass is 301 g/mol. The lowest BCUT2D eigenvalue weighted by Gasteiger charge is -2.29. The van der Waals surface area contributed by atoms with Gasteiger partial charge in [0.15, 0.2) is 0 Å². The number of rotatable bonds is 6. The number of nitrogens with one attached hydrogen (secondary N) is 2. The minimum Gasteiger partial charge on any atom is -0.481 e. The van der Waals surface area contributed by atoms with E-state index < -0.39 is 24.1 Å². The molecule has 120 valence electrons. The van der Waals surface area contributed by atoms with Crippen molar-refractivity contribution >= 4 is 17.9 Å². The van der Waals surface area contributed by atoms with E-state index in [0.717, 1.165) is 0 Å². The van der Waals surface area contributed by atoms with Crippen LogP contribution in [0.3, 0.4) is 0 Å². The van der Waals surface area contributed by atoms with Crippen LogP contribution in [0.1, 0.15) is 26.7 Å². The van der Waals surface area contributed by atoms with E-state index in [1.807, 2.05) is 0 Å². The van der Waals surface area contributed by atoms with Gasteiger partial charge in [-0.3, -0.25) is 9.59 Å². The molecule has 0 saturated carbocycles. The smallest absolute Gasteiger partial charge is 0.315 e. The van der Waals surface area contributed by atoms with E-state index in [9.17, 15) is 14.4 Å². The third kappa shape index (κ3) is 5.99. The summed E-state index contributed by atoms with van der Waals surface area (Å²) in [5, 5.41) is 13.8. The molecule has 3 N–H and O–H groups in total. The van der Waals surface area contributed by atoms with Crippen molar-refractivity contribution < 1.29 is 24.2 Å². The number of ether oxygens (including phenoxy) is 1. The fourth-order valence-electron chi connectivity index (χ4n) is 2.05. The molecule has 1 aliphatic rings. The van der Waals surface area contributed by atoms with Gasteiger partial charge in [-0.1, -0.05) is 6.92 Å². The summed E-state index contributed by atoms with van der Waals surface area (Å²) in [6.45, 7) is 5.43. The number of aliphatic carboxylic acids is 1. The van der Waals surface area contributed by atoms with Gasteiger partial charge in [-0.25, -0.2) is 4.79 Å². The van der Waals surface area contributed by atoms with Gasteiger partial charge in [-0.05, 0) is 13.3 Å². The second-order valence-corrected chi connectivity index (χ2v) is 4.98. The molecule has 1 heterocycles. The highest BCUT2D eigenvalue weighted by Crippen LogP contribution is 2.01. The lowest BCUT2D eigenvalue weighted by atomic mass is 10.1. The molecule has 2 atom stereocenters. The predicted molar refractivity (Wildman–Crippen MR) is 74.9 cm³/mol. The number of urea groups is 1. The van der Waals surface area contributed by atoms with E-state index in [-0.39, 0.29) is 12.3 Å². The zero-order chi connectivity index (χ0) is 15.8. The lowest BCUT2D eigenvalue weighted by Crippen LogP contribution is -2.53. The number of carbonyl (C=O) groups excluding carboxylic acids is 2. The Bertz CT molecular complexity index is 382. The zero-order valence-electron chi connectivity index (χ0n) is 12.4. The van der Waals surface area contributed by atoms with Gasteiger partial charge in [0.05, 0.1) is 19.6 Å². The molecule has 0 aliphatic carbocycles. The number of carboxylic acid groups (broad SMARTS) is 1. The standard InChI is InChI=1S/C13H23N3O5/c1-3-10(8-11(17)18)15-13(20)14-9(2)12(19)16-4-6-21-7-5-16/h9-10H,3-8H2,1-2H3,(H,17,18)(H2,14,15,20). The summed E-state index contributed by atoms with van der Waals surface area (Å²) in [5.41, 5.74) is 0. The Hall–Kier alpha value is -1.83. The summed E-state index contributed by atoms with van der Waals surface area (Å²) in [7, 11) is 0. The van der Waals surface area contributed by atoms with Gasteiger partial charge < -0.3 is 25.4 Å². The predicted octanol–water partition coefficient (Wildman–Crippen LogP) is -0.214. The topological polar surface area (TPSA) is 108 Å². The Balaban J connectivity index is 2.41.